The van der Waals surface area contributed by atoms with Gasteiger partial charge in [-0.25, -0.2) is 9.78 Å². The summed E-state index contributed by atoms with van der Waals surface area (Å²) >= 11 is 0. The molecule has 0 aliphatic carbocycles. The molecule has 9 heteroatoms. The molecule has 0 spiro atoms. The van der Waals surface area contributed by atoms with E-state index in [9.17, 15) is 4.79 Å². The third-order valence-corrected chi connectivity index (χ3v) is 3.18. The maximum absolute atomic E-state index is 12.1. The average molecular weight is 314 g/mol. The standard InChI is InChI=1S/C14H14N6O3/c1-19-14(21)20(18-17-19)11-4-3-5-12(22-2)10(11)9-23-13-8-15-6-7-16-13/h3-8H,9H2,1-2H3. The van der Waals surface area contributed by atoms with Gasteiger partial charge < -0.3 is 9.47 Å². The molecule has 118 valence electrons. The number of benzene rings is 1. The van der Waals surface area contributed by atoms with Gasteiger partial charge in [0.25, 0.3) is 0 Å². The molecule has 0 bridgehead atoms. The van der Waals surface area contributed by atoms with Crippen molar-refractivity contribution in [3.63, 3.8) is 0 Å². The number of ether oxygens (including phenoxy) is 2. The van der Waals surface area contributed by atoms with Gasteiger partial charge in [0.2, 0.25) is 5.88 Å². The Morgan fingerprint density at radius 3 is 2.74 bits per heavy atom. The molecule has 2 heterocycles. The lowest BCUT2D eigenvalue weighted by atomic mass is 10.1. The molecule has 0 unspecified atom stereocenters. The fourth-order valence-corrected chi connectivity index (χ4v) is 2.06. The number of tetrazole rings is 1. The number of rotatable bonds is 5. The van der Waals surface area contributed by atoms with Gasteiger partial charge in [0, 0.05) is 19.4 Å². The number of methoxy groups -OCH3 is 1. The highest BCUT2D eigenvalue weighted by molar-refractivity contribution is 5.48. The molecule has 23 heavy (non-hydrogen) atoms. The molecule has 9 nitrogen and oxygen atoms in total. The minimum atomic E-state index is -0.362. The number of aromatic nitrogens is 6. The second-order valence-corrected chi connectivity index (χ2v) is 4.59. The molecule has 0 aliphatic rings. The first-order valence-electron chi connectivity index (χ1n) is 6.75. The quantitative estimate of drug-likeness (QED) is 0.670. The lowest BCUT2D eigenvalue weighted by Gasteiger charge is -2.13. The maximum atomic E-state index is 12.1. The van der Waals surface area contributed by atoms with Crippen molar-refractivity contribution < 1.29 is 9.47 Å². The molecule has 0 aliphatic heterocycles. The fourth-order valence-electron chi connectivity index (χ4n) is 2.06. The molecular weight excluding hydrogens is 300 g/mol. The lowest BCUT2D eigenvalue weighted by molar-refractivity contribution is 0.283. The summed E-state index contributed by atoms with van der Waals surface area (Å²) in [5.74, 6) is 0.944. The molecule has 0 N–H and O–H groups in total. The van der Waals surface area contributed by atoms with Crippen LogP contribution in [0.1, 0.15) is 5.56 Å². The minimum absolute atomic E-state index is 0.140. The van der Waals surface area contributed by atoms with Gasteiger partial charge in [-0.15, -0.1) is 0 Å². The van der Waals surface area contributed by atoms with Gasteiger partial charge in [0.1, 0.15) is 12.4 Å². The molecule has 2 aromatic heterocycles. The summed E-state index contributed by atoms with van der Waals surface area (Å²) in [6.07, 6.45) is 4.59. The van der Waals surface area contributed by atoms with E-state index in [0.717, 1.165) is 4.68 Å². The Hall–Kier alpha value is -3.23. The first-order chi connectivity index (χ1) is 11.2. The van der Waals surface area contributed by atoms with E-state index < -0.39 is 0 Å². The van der Waals surface area contributed by atoms with Crippen LogP contribution in [0.5, 0.6) is 11.6 Å². The van der Waals surface area contributed by atoms with Crippen molar-refractivity contribution in [1.82, 2.24) is 29.8 Å². The summed E-state index contributed by atoms with van der Waals surface area (Å²) < 4.78 is 13.3. The minimum Gasteiger partial charge on any atom is -0.496 e. The van der Waals surface area contributed by atoms with Crippen LogP contribution >= 0.6 is 0 Å². The first-order valence-corrected chi connectivity index (χ1v) is 6.75. The predicted molar refractivity (Wildman–Crippen MR) is 79.5 cm³/mol. The zero-order chi connectivity index (χ0) is 16.2. The van der Waals surface area contributed by atoms with Crippen LogP contribution < -0.4 is 15.2 Å². The molecule has 0 fully saturated rings. The Kier molecular flexibility index (Phi) is 4.00. The Morgan fingerprint density at radius 1 is 1.22 bits per heavy atom. The molecule has 0 atom stereocenters. The Balaban J connectivity index is 2.00. The zero-order valence-corrected chi connectivity index (χ0v) is 12.6. The lowest BCUT2D eigenvalue weighted by Crippen LogP contribution is -2.23. The highest BCUT2D eigenvalue weighted by Gasteiger charge is 2.16. The van der Waals surface area contributed by atoms with Crippen LogP contribution in [0, 0.1) is 0 Å². The molecular formula is C14H14N6O3. The van der Waals surface area contributed by atoms with Crippen LogP contribution in [0.3, 0.4) is 0 Å². The van der Waals surface area contributed by atoms with Gasteiger partial charge in [-0.05, 0) is 22.6 Å². The summed E-state index contributed by atoms with van der Waals surface area (Å²) in [5.41, 5.74) is 0.827. The monoisotopic (exact) mass is 314 g/mol. The summed E-state index contributed by atoms with van der Waals surface area (Å²) in [7, 11) is 3.08. The van der Waals surface area contributed by atoms with Crippen molar-refractivity contribution in [2.75, 3.05) is 7.11 Å². The Morgan fingerprint density at radius 2 is 2.09 bits per heavy atom. The molecule has 0 radical (unpaired) electrons. The van der Waals surface area contributed by atoms with Crippen LogP contribution in [-0.4, -0.2) is 36.9 Å². The molecule has 3 rings (SSSR count). The van der Waals surface area contributed by atoms with Crippen molar-refractivity contribution in [3.05, 3.63) is 52.8 Å². The number of hydrogen-bond donors (Lipinski definition) is 0. The van der Waals surface area contributed by atoms with Crippen molar-refractivity contribution in [2.24, 2.45) is 7.05 Å². The van der Waals surface area contributed by atoms with Gasteiger partial charge in [-0.2, -0.15) is 9.36 Å². The van der Waals surface area contributed by atoms with E-state index in [4.69, 9.17) is 9.47 Å². The third-order valence-electron chi connectivity index (χ3n) is 3.18. The molecule has 0 saturated carbocycles. The van der Waals surface area contributed by atoms with E-state index in [2.05, 4.69) is 20.4 Å². The fraction of sp³-hybridized carbons (Fsp3) is 0.214. The van der Waals surface area contributed by atoms with E-state index in [1.165, 1.54) is 24.1 Å². The summed E-state index contributed by atoms with van der Waals surface area (Å²) in [4.78, 5) is 20.1. The number of hydrogen-bond acceptors (Lipinski definition) is 7. The van der Waals surface area contributed by atoms with Gasteiger partial charge in [0.15, 0.2) is 0 Å². The first kappa shape index (κ1) is 14.7. The number of aryl methyl sites for hydroxylation is 1. The Labute approximate surface area is 131 Å². The smallest absolute Gasteiger partial charge is 0.368 e. The van der Waals surface area contributed by atoms with Crippen molar-refractivity contribution in [1.29, 1.82) is 0 Å². The third kappa shape index (κ3) is 2.89. The van der Waals surface area contributed by atoms with E-state index in [-0.39, 0.29) is 12.3 Å². The van der Waals surface area contributed by atoms with Crippen molar-refractivity contribution >= 4 is 0 Å². The van der Waals surface area contributed by atoms with Gasteiger partial charge >= 0.3 is 5.69 Å². The highest BCUT2D eigenvalue weighted by atomic mass is 16.5. The molecule has 0 amide bonds. The highest BCUT2D eigenvalue weighted by Crippen LogP contribution is 2.25. The predicted octanol–water partition coefficient (Wildman–Crippen LogP) is 0.344. The maximum Gasteiger partial charge on any atom is 0.368 e. The topological polar surface area (TPSA) is 97.0 Å². The van der Waals surface area contributed by atoms with Gasteiger partial charge in [-0.3, -0.25) is 4.98 Å². The summed E-state index contributed by atoms with van der Waals surface area (Å²) in [6.45, 7) is 0.140. The zero-order valence-electron chi connectivity index (χ0n) is 12.6. The van der Waals surface area contributed by atoms with Gasteiger partial charge in [0.05, 0.1) is 24.6 Å². The van der Waals surface area contributed by atoms with Crippen LogP contribution in [-0.2, 0) is 13.7 Å². The van der Waals surface area contributed by atoms with Crippen LogP contribution in [0.25, 0.3) is 5.69 Å². The largest absolute Gasteiger partial charge is 0.496 e. The second-order valence-electron chi connectivity index (χ2n) is 4.59. The normalized spacial score (nSPS) is 10.5. The van der Waals surface area contributed by atoms with Gasteiger partial charge in [-0.1, -0.05) is 6.07 Å². The van der Waals surface area contributed by atoms with E-state index in [1.807, 2.05) is 0 Å². The van der Waals surface area contributed by atoms with Crippen LogP contribution in [0.2, 0.25) is 0 Å². The molecule has 1 aromatic carbocycles. The number of nitrogens with zero attached hydrogens (tertiary/aromatic N) is 6. The SMILES string of the molecule is COc1cccc(-n2nnn(C)c2=O)c1COc1cnccn1. The van der Waals surface area contributed by atoms with Crippen LogP contribution in [0.15, 0.2) is 41.6 Å². The second kappa shape index (κ2) is 6.26. The molecule has 3 aromatic rings. The van der Waals surface area contributed by atoms with E-state index in [1.54, 1.807) is 31.5 Å². The summed E-state index contributed by atoms with van der Waals surface area (Å²) in [6, 6.07) is 5.29. The average Bonchev–Trinajstić information content (AvgIpc) is 2.92. The van der Waals surface area contributed by atoms with Crippen LogP contribution in [0.4, 0.5) is 0 Å². The summed E-state index contributed by atoms with van der Waals surface area (Å²) in [5, 5.41) is 7.58. The van der Waals surface area contributed by atoms with Crippen molar-refractivity contribution in [3.8, 4) is 17.3 Å². The Bertz CT molecular complexity index is 858. The van der Waals surface area contributed by atoms with Crippen molar-refractivity contribution in [2.45, 2.75) is 6.61 Å². The van der Waals surface area contributed by atoms with E-state index >= 15 is 0 Å². The van der Waals surface area contributed by atoms with E-state index in [0.29, 0.717) is 22.9 Å². The molecule has 0 saturated heterocycles.